The summed E-state index contributed by atoms with van der Waals surface area (Å²) >= 11 is 0. The molecule has 0 rings (SSSR count). The zero-order valence-electron chi connectivity index (χ0n) is 14.2. The molecule has 22 heavy (non-hydrogen) atoms. The van der Waals surface area contributed by atoms with Crippen LogP contribution in [0.4, 0.5) is 0 Å². The van der Waals surface area contributed by atoms with E-state index in [4.69, 9.17) is 14.7 Å². The van der Waals surface area contributed by atoms with Crippen molar-refractivity contribution < 1.29 is 19.1 Å². The summed E-state index contributed by atoms with van der Waals surface area (Å²) < 4.78 is 10.6. The Morgan fingerprint density at radius 3 is 2.50 bits per heavy atom. The lowest BCUT2D eigenvalue weighted by Crippen LogP contribution is -2.44. The van der Waals surface area contributed by atoms with Gasteiger partial charge in [0, 0.05) is 11.0 Å². The maximum atomic E-state index is 11.3. The van der Waals surface area contributed by atoms with Gasteiger partial charge in [-0.2, -0.15) is 0 Å². The number of aliphatic hydroxyl groups is 1. The Labute approximate surface area is 133 Å². The first-order chi connectivity index (χ1) is 10.0. The predicted molar refractivity (Wildman–Crippen MR) is 87.9 cm³/mol. The summed E-state index contributed by atoms with van der Waals surface area (Å²) in [5, 5.41) is 13.6. The SMILES string of the molecule is CCOC(=O)/C=C/[C@H](N=[N+]=[N-])[C@@H](O)CO[Si](C)(C)C(C)(C)C. The second kappa shape index (κ2) is 8.95. The lowest BCUT2D eigenvalue weighted by Gasteiger charge is -2.37. The molecule has 0 aliphatic rings. The molecule has 0 saturated heterocycles. The van der Waals surface area contributed by atoms with Crippen LogP contribution in [0.1, 0.15) is 27.7 Å². The Morgan fingerprint density at radius 1 is 1.45 bits per heavy atom. The van der Waals surface area contributed by atoms with E-state index in [-0.39, 0.29) is 18.3 Å². The van der Waals surface area contributed by atoms with E-state index in [0.717, 1.165) is 6.08 Å². The minimum absolute atomic E-state index is 0.0154. The Hall–Kier alpha value is -1.34. The molecule has 0 aliphatic heterocycles. The summed E-state index contributed by atoms with van der Waals surface area (Å²) in [5.41, 5.74) is 8.58. The van der Waals surface area contributed by atoms with Gasteiger partial charge in [0.2, 0.25) is 0 Å². The highest BCUT2D eigenvalue weighted by molar-refractivity contribution is 6.74. The molecule has 8 heteroatoms. The summed E-state index contributed by atoms with van der Waals surface area (Å²) in [6.07, 6.45) is 1.46. The Balaban J connectivity index is 4.78. The van der Waals surface area contributed by atoms with E-state index in [2.05, 4.69) is 43.9 Å². The van der Waals surface area contributed by atoms with Gasteiger partial charge in [0.15, 0.2) is 8.32 Å². The van der Waals surface area contributed by atoms with E-state index in [0.29, 0.717) is 0 Å². The Morgan fingerprint density at radius 2 is 2.05 bits per heavy atom. The fraction of sp³-hybridized carbons (Fsp3) is 0.786. The molecule has 0 saturated carbocycles. The molecular formula is C14H27N3O4Si. The average Bonchev–Trinajstić information content (AvgIpc) is 2.40. The van der Waals surface area contributed by atoms with E-state index < -0.39 is 26.4 Å². The quantitative estimate of drug-likeness (QED) is 0.184. The van der Waals surface area contributed by atoms with Crippen molar-refractivity contribution in [2.45, 2.75) is 58.0 Å². The number of azide groups is 1. The minimum Gasteiger partial charge on any atom is -0.463 e. The van der Waals surface area contributed by atoms with Crippen molar-refractivity contribution in [2.24, 2.45) is 5.11 Å². The first kappa shape index (κ1) is 20.7. The van der Waals surface area contributed by atoms with Gasteiger partial charge in [0.25, 0.3) is 0 Å². The lowest BCUT2D eigenvalue weighted by molar-refractivity contribution is -0.137. The second-order valence-corrected chi connectivity index (χ2v) is 11.3. The van der Waals surface area contributed by atoms with Crippen LogP contribution in [0, 0.1) is 0 Å². The van der Waals surface area contributed by atoms with Gasteiger partial charge < -0.3 is 14.3 Å². The van der Waals surface area contributed by atoms with E-state index in [1.807, 2.05) is 0 Å². The number of nitrogens with zero attached hydrogens (tertiary/aromatic N) is 3. The summed E-state index contributed by atoms with van der Waals surface area (Å²) in [5.74, 6) is -0.543. The largest absolute Gasteiger partial charge is 0.463 e. The third-order valence-corrected chi connectivity index (χ3v) is 8.22. The molecule has 0 aliphatic carbocycles. The van der Waals surface area contributed by atoms with Crippen molar-refractivity contribution in [1.29, 1.82) is 0 Å². The van der Waals surface area contributed by atoms with E-state index >= 15 is 0 Å². The number of carbonyl (C=O) groups is 1. The zero-order chi connectivity index (χ0) is 17.4. The van der Waals surface area contributed by atoms with Crippen molar-refractivity contribution >= 4 is 14.3 Å². The number of rotatable bonds is 8. The molecule has 0 aromatic rings. The summed E-state index contributed by atoms with van der Waals surface area (Å²) in [4.78, 5) is 14.0. The number of hydrogen-bond acceptors (Lipinski definition) is 5. The van der Waals surface area contributed by atoms with Crippen molar-refractivity contribution in [1.82, 2.24) is 0 Å². The maximum absolute atomic E-state index is 11.3. The molecule has 0 spiro atoms. The lowest BCUT2D eigenvalue weighted by atomic mass is 10.1. The summed E-state index contributed by atoms with van der Waals surface area (Å²) in [6.45, 7) is 12.4. The molecule has 0 unspecified atom stereocenters. The van der Waals surface area contributed by atoms with Gasteiger partial charge in [-0.25, -0.2) is 4.79 Å². The maximum Gasteiger partial charge on any atom is 0.330 e. The number of hydrogen-bond donors (Lipinski definition) is 1. The smallest absolute Gasteiger partial charge is 0.330 e. The molecule has 0 amide bonds. The molecule has 0 heterocycles. The van der Waals surface area contributed by atoms with Crippen molar-refractivity contribution in [3.05, 3.63) is 22.6 Å². The van der Waals surface area contributed by atoms with Crippen LogP contribution in [-0.2, 0) is 14.0 Å². The molecule has 1 N–H and O–H groups in total. The third kappa shape index (κ3) is 7.08. The first-order valence-corrected chi connectivity index (χ1v) is 10.2. The molecule has 126 valence electrons. The number of aliphatic hydroxyl groups excluding tert-OH is 1. The Kier molecular flexibility index (Phi) is 8.40. The van der Waals surface area contributed by atoms with Crippen LogP contribution in [0.15, 0.2) is 17.3 Å². The van der Waals surface area contributed by atoms with Gasteiger partial charge in [0.1, 0.15) is 0 Å². The predicted octanol–water partition coefficient (Wildman–Crippen LogP) is 3.17. The van der Waals surface area contributed by atoms with Crippen LogP contribution in [0.25, 0.3) is 10.4 Å². The Bertz CT molecular complexity index is 440. The van der Waals surface area contributed by atoms with Crippen molar-refractivity contribution in [3.8, 4) is 0 Å². The summed E-state index contributed by atoms with van der Waals surface area (Å²) in [6, 6.07) is -0.876. The molecule has 0 aromatic carbocycles. The van der Waals surface area contributed by atoms with Gasteiger partial charge in [-0.05, 0) is 30.6 Å². The molecule has 7 nitrogen and oxygen atoms in total. The van der Waals surface area contributed by atoms with Crippen LogP contribution in [0.2, 0.25) is 18.1 Å². The van der Waals surface area contributed by atoms with E-state index in [9.17, 15) is 9.90 Å². The van der Waals surface area contributed by atoms with Gasteiger partial charge in [-0.1, -0.05) is 32.0 Å². The zero-order valence-corrected chi connectivity index (χ0v) is 15.2. The highest BCUT2D eigenvalue weighted by atomic mass is 28.4. The molecule has 0 aromatic heterocycles. The minimum atomic E-state index is -2.00. The monoisotopic (exact) mass is 329 g/mol. The molecule has 0 bridgehead atoms. The van der Waals surface area contributed by atoms with Gasteiger partial charge in [0.05, 0.1) is 25.4 Å². The normalized spacial score (nSPS) is 15.2. The van der Waals surface area contributed by atoms with E-state index in [1.54, 1.807) is 6.92 Å². The highest BCUT2D eigenvalue weighted by Gasteiger charge is 2.37. The molecule has 0 fully saturated rings. The molecule has 0 radical (unpaired) electrons. The van der Waals surface area contributed by atoms with Crippen LogP contribution >= 0.6 is 0 Å². The fourth-order valence-corrected chi connectivity index (χ4v) is 2.30. The number of esters is 1. The van der Waals surface area contributed by atoms with Crippen LogP contribution < -0.4 is 0 Å². The average molecular weight is 329 g/mol. The number of carbonyl (C=O) groups excluding carboxylic acids is 1. The first-order valence-electron chi connectivity index (χ1n) is 7.26. The van der Waals surface area contributed by atoms with Crippen molar-refractivity contribution in [2.75, 3.05) is 13.2 Å². The van der Waals surface area contributed by atoms with Gasteiger partial charge in [-0.3, -0.25) is 0 Å². The fourth-order valence-electron chi connectivity index (χ4n) is 1.28. The van der Waals surface area contributed by atoms with Gasteiger partial charge in [-0.15, -0.1) is 0 Å². The van der Waals surface area contributed by atoms with Crippen LogP contribution in [-0.4, -0.2) is 44.8 Å². The third-order valence-electron chi connectivity index (χ3n) is 3.72. The van der Waals surface area contributed by atoms with E-state index in [1.165, 1.54) is 6.08 Å². The van der Waals surface area contributed by atoms with Gasteiger partial charge >= 0.3 is 5.97 Å². The number of ether oxygens (including phenoxy) is 1. The topological polar surface area (TPSA) is 105 Å². The second-order valence-electron chi connectivity index (χ2n) is 6.45. The van der Waals surface area contributed by atoms with Crippen LogP contribution in [0.3, 0.4) is 0 Å². The molecular weight excluding hydrogens is 302 g/mol. The summed E-state index contributed by atoms with van der Waals surface area (Å²) in [7, 11) is -2.00. The highest BCUT2D eigenvalue weighted by Crippen LogP contribution is 2.36. The standard InChI is InChI=1S/C14H27N3O4Si/c1-7-20-13(19)9-8-11(16-17-15)12(18)10-21-22(5,6)14(2,3)4/h8-9,11-12,18H,7,10H2,1-6H3/b9-8+/t11-,12-/m0/s1. The molecule has 2 atom stereocenters. The van der Waals surface area contributed by atoms with Crippen molar-refractivity contribution in [3.63, 3.8) is 0 Å². The van der Waals surface area contributed by atoms with Crippen LogP contribution in [0.5, 0.6) is 0 Å².